The first-order chi connectivity index (χ1) is 13.2. The van der Waals surface area contributed by atoms with E-state index in [1.807, 2.05) is 48.5 Å². The van der Waals surface area contributed by atoms with Crippen LogP contribution in [0.5, 0.6) is 17.2 Å². The number of benzene rings is 2. The maximum Gasteiger partial charge on any atom is 0.237 e. The van der Waals surface area contributed by atoms with Crippen LogP contribution >= 0.6 is 12.4 Å². The van der Waals surface area contributed by atoms with Gasteiger partial charge in [0.1, 0.15) is 5.75 Å². The van der Waals surface area contributed by atoms with E-state index in [9.17, 15) is 4.79 Å². The minimum Gasteiger partial charge on any atom is -0.493 e. The largest absolute Gasteiger partial charge is 0.493 e. The first kappa shape index (κ1) is 22.0. The number of amides is 1. The van der Waals surface area contributed by atoms with Crippen molar-refractivity contribution >= 4 is 18.3 Å². The lowest BCUT2D eigenvalue weighted by Crippen LogP contribution is -2.46. The van der Waals surface area contributed by atoms with Gasteiger partial charge in [0.05, 0.1) is 13.2 Å². The molecule has 3 rings (SSSR count). The zero-order chi connectivity index (χ0) is 19.1. The lowest BCUT2D eigenvalue weighted by Gasteiger charge is -2.26. The van der Waals surface area contributed by atoms with E-state index < -0.39 is 6.04 Å². The summed E-state index contributed by atoms with van der Waals surface area (Å²) in [5.74, 6) is 2.11. The van der Waals surface area contributed by atoms with E-state index in [4.69, 9.17) is 19.9 Å². The summed E-state index contributed by atoms with van der Waals surface area (Å²) in [4.78, 5) is 12.3. The molecule has 2 aromatic carbocycles. The predicted octanol–water partition coefficient (Wildman–Crippen LogP) is 3.28. The molecule has 2 aromatic rings. The second-order valence-electron chi connectivity index (χ2n) is 6.59. The lowest BCUT2D eigenvalue weighted by molar-refractivity contribution is -0.124. The first-order valence-corrected chi connectivity index (χ1v) is 9.18. The summed E-state index contributed by atoms with van der Waals surface area (Å²) >= 11 is 0. The molecule has 1 saturated heterocycles. The smallest absolute Gasteiger partial charge is 0.237 e. The Balaban J connectivity index is 0.00000280. The van der Waals surface area contributed by atoms with Crippen molar-refractivity contribution in [1.82, 2.24) is 5.32 Å². The fraction of sp³-hybridized carbons (Fsp3) is 0.381. The van der Waals surface area contributed by atoms with Crippen LogP contribution in [0, 0.1) is 5.92 Å². The number of carbonyl (C=O) groups is 1. The fourth-order valence-corrected chi connectivity index (χ4v) is 3.10. The minimum absolute atomic E-state index is 0. The van der Waals surface area contributed by atoms with Gasteiger partial charge in [0, 0.05) is 19.8 Å². The molecule has 1 fully saturated rings. The van der Waals surface area contributed by atoms with Gasteiger partial charge < -0.3 is 25.3 Å². The number of nitrogens with one attached hydrogen (secondary N) is 1. The average molecular weight is 407 g/mol. The zero-order valence-electron chi connectivity index (χ0n) is 15.9. The topological polar surface area (TPSA) is 82.8 Å². The number of rotatable bonds is 7. The summed E-state index contributed by atoms with van der Waals surface area (Å²) in [6.45, 7) is 1.79. The summed E-state index contributed by atoms with van der Waals surface area (Å²) in [6.07, 6.45) is 1.67. The van der Waals surface area contributed by atoms with Gasteiger partial charge in [-0.15, -0.1) is 12.4 Å². The number of nitrogens with two attached hydrogens (primary N) is 1. The van der Waals surface area contributed by atoms with Crippen LogP contribution in [-0.4, -0.2) is 32.3 Å². The van der Waals surface area contributed by atoms with E-state index in [0.717, 1.165) is 18.4 Å². The van der Waals surface area contributed by atoms with Crippen molar-refractivity contribution in [3.8, 4) is 17.2 Å². The molecule has 0 saturated carbocycles. The zero-order valence-corrected chi connectivity index (χ0v) is 16.7. The molecule has 6 nitrogen and oxygen atoms in total. The van der Waals surface area contributed by atoms with E-state index in [1.165, 1.54) is 0 Å². The quantitative estimate of drug-likeness (QED) is 0.737. The van der Waals surface area contributed by atoms with E-state index in [2.05, 4.69) is 5.32 Å². The molecule has 152 valence electrons. The van der Waals surface area contributed by atoms with Gasteiger partial charge in [-0.3, -0.25) is 4.79 Å². The molecule has 1 atom stereocenters. The SMILES string of the molecule is COc1ccccc1Oc1ccc(CNC(=O)C(N)C2CCOCC2)cc1.Cl. The van der Waals surface area contributed by atoms with E-state index >= 15 is 0 Å². The second-order valence-corrected chi connectivity index (χ2v) is 6.59. The predicted molar refractivity (Wildman–Crippen MR) is 110 cm³/mol. The van der Waals surface area contributed by atoms with E-state index in [-0.39, 0.29) is 24.2 Å². The molecule has 0 aliphatic carbocycles. The monoisotopic (exact) mass is 406 g/mol. The van der Waals surface area contributed by atoms with Crippen molar-refractivity contribution in [2.24, 2.45) is 11.7 Å². The van der Waals surface area contributed by atoms with Crippen LogP contribution in [0.4, 0.5) is 0 Å². The van der Waals surface area contributed by atoms with Crippen molar-refractivity contribution in [1.29, 1.82) is 0 Å². The summed E-state index contributed by atoms with van der Waals surface area (Å²) in [5, 5.41) is 2.92. The number of ether oxygens (including phenoxy) is 3. The van der Waals surface area contributed by atoms with E-state index in [0.29, 0.717) is 37.0 Å². The number of para-hydroxylation sites is 2. The molecule has 28 heavy (non-hydrogen) atoms. The van der Waals surface area contributed by atoms with Gasteiger partial charge in [0.25, 0.3) is 0 Å². The number of carbonyl (C=O) groups excluding carboxylic acids is 1. The molecule has 0 radical (unpaired) electrons. The van der Waals surface area contributed by atoms with Gasteiger partial charge in [-0.05, 0) is 48.6 Å². The molecule has 1 heterocycles. The summed E-state index contributed by atoms with van der Waals surface area (Å²) in [5.41, 5.74) is 7.08. The van der Waals surface area contributed by atoms with Gasteiger partial charge >= 0.3 is 0 Å². The van der Waals surface area contributed by atoms with Crippen molar-refractivity contribution in [2.45, 2.75) is 25.4 Å². The highest BCUT2D eigenvalue weighted by Crippen LogP contribution is 2.30. The Hall–Kier alpha value is -2.28. The van der Waals surface area contributed by atoms with Crippen LogP contribution in [0.1, 0.15) is 18.4 Å². The average Bonchev–Trinajstić information content (AvgIpc) is 2.73. The highest BCUT2D eigenvalue weighted by atomic mass is 35.5. The molecular weight excluding hydrogens is 380 g/mol. The van der Waals surface area contributed by atoms with Crippen LogP contribution in [0.2, 0.25) is 0 Å². The molecule has 7 heteroatoms. The molecule has 1 unspecified atom stereocenters. The Bertz CT molecular complexity index is 748. The molecule has 1 aliphatic rings. The first-order valence-electron chi connectivity index (χ1n) is 9.18. The van der Waals surface area contributed by atoms with Gasteiger partial charge in [-0.2, -0.15) is 0 Å². The molecular formula is C21H27ClN2O4. The summed E-state index contributed by atoms with van der Waals surface area (Å²) in [6, 6.07) is 14.6. The molecule has 0 bridgehead atoms. The Morgan fingerprint density at radius 2 is 1.79 bits per heavy atom. The standard InChI is InChI=1S/C21H26N2O4.ClH/c1-25-18-4-2-3-5-19(18)27-17-8-6-15(7-9-17)14-23-21(24)20(22)16-10-12-26-13-11-16;/h2-9,16,20H,10-14,22H2,1H3,(H,23,24);1H. The molecule has 3 N–H and O–H groups in total. The van der Waals surface area contributed by atoms with Crippen molar-refractivity contribution in [3.05, 3.63) is 54.1 Å². The van der Waals surface area contributed by atoms with Crippen LogP contribution in [0.3, 0.4) is 0 Å². The highest BCUT2D eigenvalue weighted by Gasteiger charge is 2.26. The number of halogens is 1. The van der Waals surface area contributed by atoms with Crippen molar-refractivity contribution in [3.63, 3.8) is 0 Å². The summed E-state index contributed by atoms with van der Waals surface area (Å²) < 4.78 is 16.5. The Morgan fingerprint density at radius 1 is 1.14 bits per heavy atom. The third-order valence-electron chi connectivity index (χ3n) is 4.76. The third kappa shape index (κ3) is 5.86. The molecule has 0 aromatic heterocycles. The number of methoxy groups -OCH3 is 1. The van der Waals surface area contributed by atoms with E-state index in [1.54, 1.807) is 7.11 Å². The fourth-order valence-electron chi connectivity index (χ4n) is 3.10. The Labute approximate surface area is 171 Å². The second kappa shape index (κ2) is 10.9. The normalized spacial score (nSPS) is 15.2. The molecule has 1 amide bonds. The van der Waals surface area contributed by atoms with Crippen molar-refractivity contribution in [2.75, 3.05) is 20.3 Å². The lowest BCUT2D eigenvalue weighted by atomic mass is 9.92. The van der Waals surface area contributed by atoms with Crippen LogP contribution in [-0.2, 0) is 16.1 Å². The Kier molecular flexibility index (Phi) is 8.57. The molecule has 1 aliphatic heterocycles. The minimum atomic E-state index is -0.484. The van der Waals surface area contributed by atoms with Crippen LogP contribution < -0.4 is 20.5 Å². The maximum absolute atomic E-state index is 12.3. The van der Waals surface area contributed by atoms with Gasteiger partial charge in [0.15, 0.2) is 11.5 Å². The molecule has 0 spiro atoms. The van der Waals surface area contributed by atoms with Crippen LogP contribution in [0.25, 0.3) is 0 Å². The van der Waals surface area contributed by atoms with Gasteiger partial charge in [-0.1, -0.05) is 24.3 Å². The Morgan fingerprint density at radius 3 is 2.43 bits per heavy atom. The maximum atomic E-state index is 12.3. The third-order valence-corrected chi connectivity index (χ3v) is 4.76. The number of hydrogen-bond acceptors (Lipinski definition) is 5. The van der Waals surface area contributed by atoms with Crippen molar-refractivity contribution < 1.29 is 19.0 Å². The summed E-state index contributed by atoms with van der Waals surface area (Å²) in [7, 11) is 1.61. The highest BCUT2D eigenvalue weighted by molar-refractivity contribution is 5.85. The van der Waals surface area contributed by atoms with Gasteiger partial charge in [-0.25, -0.2) is 0 Å². The number of hydrogen-bond donors (Lipinski definition) is 2. The van der Waals surface area contributed by atoms with Gasteiger partial charge in [0.2, 0.25) is 5.91 Å². The van der Waals surface area contributed by atoms with Crippen LogP contribution in [0.15, 0.2) is 48.5 Å².